The first kappa shape index (κ1) is 16.4. The molecule has 5 heteroatoms. The Morgan fingerprint density at radius 2 is 1.91 bits per heavy atom. The fraction of sp³-hybridized carbons (Fsp3) is 0.294. The van der Waals surface area contributed by atoms with Gasteiger partial charge in [0.2, 0.25) is 0 Å². The van der Waals surface area contributed by atoms with Gasteiger partial charge in [-0.05, 0) is 24.7 Å². The largest absolute Gasteiger partial charge is 0.477 e. The van der Waals surface area contributed by atoms with Crippen LogP contribution < -0.4 is 0 Å². The molecule has 0 saturated carbocycles. The normalized spacial score (nSPS) is 11.4. The first-order chi connectivity index (χ1) is 10.6. The Bertz CT molecular complexity index is 646. The lowest BCUT2D eigenvalue weighted by atomic mass is 10.2. The molecule has 0 atom stereocenters. The van der Waals surface area contributed by atoms with Gasteiger partial charge in [-0.2, -0.15) is 0 Å². The van der Waals surface area contributed by atoms with Crippen LogP contribution in [0, 0.1) is 0 Å². The molecule has 0 bridgehead atoms. The number of carbonyl (C=O) groups is 1. The van der Waals surface area contributed by atoms with Crippen molar-refractivity contribution in [3.05, 3.63) is 51.5 Å². The van der Waals surface area contributed by atoms with Crippen molar-refractivity contribution in [1.29, 1.82) is 0 Å². The predicted octanol–water partition coefficient (Wildman–Crippen LogP) is 3.85. The topological polar surface area (TPSA) is 53.4 Å². The fourth-order valence-electron chi connectivity index (χ4n) is 2.09. The molecule has 116 valence electrons. The lowest BCUT2D eigenvalue weighted by Crippen LogP contribution is -2.21. The Hall–Kier alpha value is -1.98. The van der Waals surface area contributed by atoms with Gasteiger partial charge in [0, 0.05) is 0 Å². The van der Waals surface area contributed by atoms with Crippen LogP contribution in [0.15, 0.2) is 30.3 Å². The van der Waals surface area contributed by atoms with Crippen molar-refractivity contribution < 1.29 is 9.90 Å². The van der Waals surface area contributed by atoms with Crippen LogP contribution in [0.3, 0.4) is 0 Å². The molecule has 0 saturated heterocycles. The number of aromatic carboxylic acids is 1. The van der Waals surface area contributed by atoms with Crippen molar-refractivity contribution >= 4 is 29.5 Å². The number of aromatic nitrogens is 1. The second-order valence-electron chi connectivity index (χ2n) is 4.83. The maximum Gasteiger partial charge on any atom is 0.348 e. The van der Waals surface area contributed by atoms with Crippen molar-refractivity contribution in [3.63, 3.8) is 0 Å². The van der Waals surface area contributed by atoms with E-state index in [1.807, 2.05) is 36.4 Å². The van der Waals surface area contributed by atoms with E-state index in [1.54, 1.807) is 6.08 Å². The Labute approximate surface area is 134 Å². The Morgan fingerprint density at radius 1 is 1.23 bits per heavy atom. The Kier molecular flexibility index (Phi) is 5.86. The van der Waals surface area contributed by atoms with Gasteiger partial charge in [0.15, 0.2) is 0 Å². The molecule has 0 spiro atoms. The average molecular weight is 316 g/mol. The van der Waals surface area contributed by atoms with Gasteiger partial charge in [0.25, 0.3) is 0 Å². The lowest BCUT2D eigenvalue weighted by molar-refractivity contribution is 0.0701. The van der Waals surface area contributed by atoms with Crippen LogP contribution in [0.2, 0.25) is 0 Å². The molecule has 1 aromatic carbocycles. The van der Waals surface area contributed by atoms with Gasteiger partial charge in [0.1, 0.15) is 9.88 Å². The van der Waals surface area contributed by atoms with Crippen LogP contribution in [0.1, 0.15) is 39.8 Å². The van der Waals surface area contributed by atoms with E-state index in [0.717, 1.165) is 23.7 Å². The number of rotatable bonds is 7. The SMILES string of the molecule is CCN(CC)Cc1nc(/C=C/c2ccccc2)c(C(=O)O)s1. The molecule has 0 fully saturated rings. The van der Waals surface area contributed by atoms with Gasteiger partial charge in [-0.3, -0.25) is 4.90 Å². The van der Waals surface area contributed by atoms with Crippen molar-refractivity contribution in [3.8, 4) is 0 Å². The van der Waals surface area contributed by atoms with Gasteiger partial charge < -0.3 is 5.11 Å². The molecule has 2 aromatic rings. The Balaban J connectivity index is 2.24. The van der Waals surface area contributed by atoms with E-state index >= 15 is 0 Å². The minimum Gasteiger partial charge on any atom is -0.477 e. The molecule has 22 heavy (non-hydrogen) atoms. The maximum atomic E-state index is 11.4. The number of carboxylic acids is 1. The van der Waals surface area contributed by atoms with Crippen LogP contribution >= 0.6 is 11.3 Å². The number of nitrogens with zero attached hydrogens (tertiary/aromatic N) is 2. The summed E-state index contributed by atoms with van der Waals surface area (Å²) >= 11 is 1.26. The van der Waals surface area contributed by atoms with Crippen molar-refractivity contribution in [2.45, 2.75) is 20.4 Å². The molecular formula is C17H20N2O2S. The number of thiazole rings is 1. The summed E-state index contributed by atoms with van der Waals surface area (Å²) in [6, 6.07) is 9.79. The molecule has 0 amide bonds. The minimum absolute atomic E-state index is 0.300. The third kappa shape index (κ3) is 4.26. The number of hydrogen-bond acceptors (Lipinski definition) is 4. The highest BCUT2D eigenvalue weighted by Gasteiger charge is 2.16. The molecule has 1 aromatic heterocycles. The summed E-state index contributed by atoms with van der Waals surface area (Å²) in [6.07, 6.45) is 3.67. The van der Waals surface area contributed by atoms with E-state index in [-0.39, 0.29) is 0 Å². The van der Waals surface area contributed by atoms with Gasteiger partial charge in [-0.1, -0.05) is 50.3 Å². The number of hydrogen-bond donors (Lipinski definition) is 1. The second kappa shape index (κ2) is 7.87. The van der Waals surface area contributed by atoms with Crippen molar-refractivity contribution in [1.82, 2.24) is 9.88 Å². The highest BCUT2D eigenvalue weighted by molar-refractivity contribution is 7.13. The smallest absolute Gasteiger partial charge is 0.348 e. The van der Waals surface area contributed by atoms with E-state index < -0.39 is 5.97 Å². The van der Waals surface area contributed by atoms with Crippen LogP contribution in [0.5, 0.6) is 0 Å². The minimum atomic E-state index is -0.920. The van der Waals surface area contributed by atoms with Gasteiger partial charge >= 0.3 is 5.97 Å². The zero-order valence-electron chi connectivity index (χ0n) is 12.8. The predicted molar refractivity (Wildman–Crippen MR) is 91.1 cm³/mol. The molecule has 0 aliphatic heterocycles. The number of benzene rings is 1. The molecule has 0 aliphatic rings. The third-order valence-corrected chi connectivity index (χ3v) is 4.42. The van der Waals surface area contributed by atoms with E-state index in [1.165, 1.54) is 11.3 Å². The first-order valence-corrected chi connectivity index (χ1v) is 8.14. The number of carboxylic acid groups (broad SMARTS) is 1. The van der Waals surface area contributed by atoms with Crippen molar-refractivity contribution in [2.75, 3.05) is 13.1 Å². The summed E-state index contributed by atoms with van der Waals surface area (Å²) < 4.78 is 0. The van der Waals surface area contributed by atoms with E-state index in [0.29, 0.717) is 17.1 Å². The molecule has 1 heterocycles. The van der Waals surface area contributed by atoms with Gasteiger partial charge in [-0.25, -0.2) is 9.78 Å². The van der Waals surface area contributed by atoms with Crippen LogP contribution in [0.4, 0.5) is 0 Å². The van der Waals surface area contributed by atoms with Gasteiger partial charge in [0.05, 0.1) is 12.2 Å². The summed E-state index contributed by atoms with van der Waals surface area (Å²) in [6.45, 7) is 6.72. The zero-order chi connectivity index (χ0) is 15.9. The van der Waals surface area contributed by atoms with Gasteiger partial charge in [-0.15, -0.1) is 11.3 Å². The molecule has 2 rings (SSSR count). The fourth-order valence-corrected chi connectivity index (χ4v) is 3.02. The van der Waals surface area contributed by atoms with Crippen LogP contribution in [-0.4, -0.2) is 34.0 Å². The summed E-state index contributed by atoms with van der Waals surface area (Å²) in [5.41, 5.74) is 1.56. The third-order valence-electron chi connectivity index (χ3n) is 3.38. The first-order valence-electron chi connectivity index (χ1n) is 7.32. The highest BCUT2D eigenvalue weighted by atomic mass is 32.1. The second-order valence-corrected chi connectivity index (χ2v) is 5.92. The summed E-state index contributed by atoms with van der Waals surface area (Å²) in [5, 5.41) is 10.2. The lowest BCUT2D eigenvalue weighted by Gasteiger charge is -2.15. The molecule has 1 N–H and O–H groups in total. The van der Waals surface area contributed by atoms with Crippen LogP contribution in [-0.2, 0) is 6.54 Å². The quantitative estimate of drug-likeness (QED) is 0.843. The standard InChI is InChI=1S/C17H20N2O2S/c1-3-19(4-2)12-15-18-14(16(22-15)17(20)21)11-10-13-8-6-5-7-9-13/h5-11H,3-4,12H2,1-2H3,(H,20,21)/b11-10+. The molecule has 4 nitrogen and oxygen atoms in total. The zero-order valence-corrected chi connectivity index (χ0v) is 13.6. The van der Waals surface area contributed by atoms with Crippen molar-refractivity contribution in [2.24, 2.45) is 0 Å². The van der Waals surface area contributed by atoms with Crippen LogP contribution in [0.25, 0.3) is 12.2 Å². The van der Waals surface area contributed by atoms with E-state index in [9.17, 15) is 9.90 Å². The summed E-state index contributed by atoms with van der Waals surface area (Å²) in [5.74, 6) is -0.920. The van der Waals surface area contributed by atoms with E-state index in [2.05, 4.69) is 23.7 Å². The monoisotopic (exact) mass is 316 g/mol. The maximum absolute atomic E-state index is 11.4. The summed E-state index contributed by atoms with van der Waals surface area (Å²) in [7, 11) is 0. The highest BCUT2D eigenvalue weighted by Crippen LogP contribution is 2.22. The molecule has 0 aliphatic carbocycles. The molecule has 0 unspecified atom stereocenters. The molecular weight excluding hydrogens is 296 g/mol. The summed E-state index contributed by atoms with van der Waals surface area (Å²) in [4.78, 5) is 18.4. The van der Waals surface area contributed by atoms with E-state index in [4.69, 9.17) is 0 Å². The average Bonchev–Trinajstić information content (AvgIpc) is 2.95. The molecule has 0 radical (unpaired) electrons. The Morgan fingerprint density at radius 3 is 2.50 bits per heavy atom.